The molecule has 12 heavy (non-hydrogen) atoms. The minimum atomic E-state index is -4.30. The maximum Gasteiger partial charge on any atom is 0.416 e. The summed E-state index contributed by atoms with van der Waals surface area (Å²) in [6, 6.07) is 0. The van der Waals surface area contributed by atoms with Crippen molar-refractivity contribution in [3.63, 3.8) is 0 Å². The molecule has 3 heteroatoms. The fourth-order valence-electron chi connectivity index (χ4n) is 0.733. The summed E-state index contributed by atoms with van der Waals surface area (Å²) < 4.78 is 36.4. The molecule has 0 N–H and O–H groups in total. The Labute approximate surface area is 70.1 Å². The van der Waals surface area contributed by atoms with Crippen LogP contribution in [0.4, 0.5) is 13.2 Å². The fourth-order valence-corrected chi connectivity index (χ4v) is 0.733. The highest BCUT2D eigenvalue weighted by Gasteiger charge is 2.33. The van der Waals surface area contributed by atoms with Gasteiger partial charge in [-0.25, -0.2) is 0 Å². The fraction of sp³-hybridized carbons (Fsp3) is 0.333. The summed E-state index contributed by atoms with van der Waals surface area (Å²) in [6.45, 7) is 7.92. The van der Waals surface area contributed by atoms with E-state index in [0.717, 1.165) is 6.08 Å². The number of halogens is 3. The molecule has 0 heterocycles. The third kappa shape index (κ3) is 3.42. The lowest BCUT2D eigenvalue weighted by atomic mass is 10.1. The van der Waals surface area contributed by atoms with Crippen LogP contribution in [0.25, 0.3) is 0 Å². The van der Waals surface area contributed by atoms with E-state index < -0.39 is 11.7 Å². The van der Waals surface area contributed by atoms with Crippen molar-refractivity contribution in [2.75, 3.05) is 0 Å². The van der Waals surface area contributed by atoms with Gasteiger partial charge in [0, 0.05) is 0 Å². The predicted octanol–water partition coefficient (Wildman–Crippen LogP) is 3.63. The third-order valence-corrected chi connectivity index (χ3v) is 1.25. The second kappa shape index (κ2) is 4.14. The first kappa shape index (κ1) is 11.0. The van der Waals surface area contributed by atoms with Gasteiger partial charge in [0.15, 0.2) is 0 Å². The van der Waals surface area contributed by atoms with Gasteiger partial charge < -0.3 is 0 Å². The SMILES string of the molecule is C=CC/C=C(\C(=C)C)C(F)(F)F. The molecule has 0 saturated heterocycles. The minimum absolute atomic E-state index is 0.0318. The highest BCUT2D eigenvalue weighted by atomic mass is 19.4. The molecule has 0 aromatic heterocycles. The van der Waals surface area contributed by atoms with Crippen molar-refractivity contribution >= 4 is 0 Å². The Morgan fingerprint density at radius 2 is 1.92 bits per heavy atom. The van der Waals surface area contributed by atoms with Crippen LogP contribution in [0.15, 0.2) is 36.5 Å². The summed E-state index contributed by atoms with van der Waals surface area (Å²) >= 11 is 0. The van der Waals surface area contributed by atoms with Crippen LogP contribution >= 0.6 is 0 Å². The van der Waals surface area contributed by atoms with Gasteiger partial charge in [0.05, 0.1) is 5.57 Å². The van der Waals surface area contributed by atoms with Crippen LogP contribution in [0.5, 0.6) is 0 Å². The maximum atomic E-state index is 12.1. The molecule has 0 spiro atoms. The summed E-state index contributed by atoms with van der Waals surface area (Å²) in [7, 11) is 0. The zero-order chi connectivity index (χ0) is 9.78. The van der Waals surface area contributed by atoms with Gasteiger partial charge in [-0.1, -0.05) is 18.7 Å². The van der Waals surface area contributed by atoms with Crippen LogP contribution in [-0.2, 0) is 0 Å². The smallest absolute Gasteiger partial charge is 0.166 e. The normalized spacial score (nSPS) is 12.8. The second-order valence-corrected chi connectivity index (χ2v) is 2.42. The van der Waals surface area contributed by atoms with E-state index in [1.165, 1.54) is 13.0 Å². The van der Waals surface area contributed by atoms with Gasteiger partial charge in [0.2, 0.25) is 0 Å². The molecule has 0 aromatic carbocycles. The van der Waals surface area contributed by atoms with E-state index in [0.29, 0.717) is 0 Å². The number of rotatable bonds is 3. The first-order chi connectivity index (χ1) is 5.39. The molecule has 0 nitrogen and oxygen atoms in total. The predicted molar refractivity (Wildman–Crippen MR) is 43.8 cm³/mol. The third-order valence-electron chi connectivity index (χ3n) is 1.25. The Bertz CT molecular complexity index is 208. The second-order valence-electron chi connectivity index (χ2n) is 2.42. The van der Waals surface area contributed by atoms with Crippen LogP contribution in [-0.4, -0.2) is 6.18 Å². The maximum absolute atomic E-state index is 12.1. The molecule has 0 aliphatic carbocycles. The number of allylic oxidation sites excluding steroid dienone is 4. The molecule has 0 saturated carbocycles. The first-order valence-electron chi connectivity index (χ1n) is 3.43. The quantitative estimate of drug-likeness (QED) is 0.455. The zero-order valence-electron chi connectivity index (χ0n) is 6.91. The molecule has 0 unspecified atom stereocenters. The van der Waals surface area contributed by atoms with E-state index >= 15 is 0 Å². The Kier molecular flexibility index (Phi) is 3.80. The highest BCUT2D eigenvalue weighted by molar-refractivity contribution is 5.30. The summed E-state index contributed by atoms with van der Waals surface area (Å²) in [6.07, 6.45) is -1.60. The largest absolute Gasteiger partial charge is 0.416 e. The Morgan fingerprint density at radius 1 is 1.42 bits per heavy atom. The standard InChI is InChI=1S/C9H11F3/c1-4-5-6-8(7(2)3)9(10,11)12/h4,6H,1-2,5H2,3H3/b8-6+. The lowest BCUT2D eigenvalue weighted by molar-refractivity contribution is -0.0894. The molecule has 0 aliphatic rings. The monoisotopic (exact) mass is 176 g/mol. The number of hydrogen-bond acceptors (Lipinski definition) is 0. The van der Waals surface area contributed by atoms with Crippen molar-refractivity contribution in [1.82, 2.24) is 0 Å². The summed E-state index contributed by atoms with van der Waals surface area (Å²) in [4.78, 5) is 0. The average Bonchev–Trinajstić information content (AvgIpc) is 1.84. The van der Waals surface area contributed by atoms with Crippen LogP contribution < -0.4 is 0 Å². The van der Waals surface area contributed by atoms with Crippen LogP contribution in [0.1, 0.15) is 13.3 Å². The van der Waals surface area contributed by atoms with Crippen molar-refractivity contribution < 1.29 is 13.2 Å². The Balaban J connectivity index is 4.67. The van der Waals surface area contributed by atoms with Crippen LogP contribution in [0.3, 0.4) is 0 Å². The highest BCUT2D eigenvalue weighted by Crippen LogP contribution is 2.30. The molecule has 0 radical (unpaired) electrons. The van der Waals surface area contributed by atoms with Crippen LogP contribution in [0, 0.1) is 0 Å². The Morgan fingerprint density at radius 3 is 2.17 bits per heavy atom. The summed E-state index contributed by atoms with van der Waals surface area (Å²) in [5, 5.41) is 0. The zero-order valence-corrected chi connectivity index (χ0v) is 6.91. The molecule has 0 atom stereocenters. The first-order valence-corrected chi connectivity index (χ1v) is 3.43. The van der Waals surface area contributed by atoms with Crippen molar-refractivity contribution in [2.24, 2.45) is 0 Å². The van der Waals surface area contributed by atoms with Gasteiger partial charge in [-0.2, -0.15) is 13.2 Å². The van der Waals surface area contributed by atoms with Crippen molar-refractivity contribution in [2.45, 2.75) is 19.5 Å². The van der Waals surface area contributed by atoms with Gasteiger partial charge in [-0.3, -0.25) is 0 Å². The molecular formula is C9H11F3. The lowest BCUT2D eigenvalue weighted by Crippen LogP contribution is -2.12. The van der Waals surface area contributed by atoms with E-state index in [1.807, 2.05) is 0 Å². The molecule has 68 valence electrons. The van der Waals surface area contributed by atoms with Gasteiger partial charge in [0.25, 0.3) is 0 Å². The minimum Gasteiger partial charge on any atom is -0.166 e. The number of alkyl halides is 3. The molecule has 0 aromatic rings. The van der Waals surface area contributed by atoms with Gasteiger partial charge in [-0.05, 0) is 18.9 Å². The molecule has 0 bridgehead atoms. The molecule has 0 aliphatic heterocycles. The molecule has 0 rings (SSSR count). The van der Waals surface area contributed by atoms with Crippen molar-refractivity contribution in [3.8, 4) is 0 Å². The molecule has 0 fully saturated rings. The lowest BCUT2D eigenvalue weighted by Gasteiger charge is -2.10. The topological polar surface area (TPSA) is 0 Å². The van der Waals surface area contributed by atoms with E-state index in [4.69, 9.17) is 0 Å². The average molecular weight is 176 g/mol. The Hall–Kier alpha value is -0.990. The van der Waals surface area contributed by atoms with Crippen LogP contribution in [0.2, 0.25) is 0 Å². The van der Waals surface area contributed by atoms with E-state index in [9.17, 15) is 13.2 Å². The van der Waals surface area contributed by atoms with E-state index in [-0.39, 0.29) is 12.0 Å². The van der Waals surface area contributed by atoms with E-state index in [2.05, 4.69) is 13.2 Å². The summed E-state index contributed by atoms with van der Waals surface area (Å²) in [5.74, 6) is 0. The van der Waals surface area contributed by atoms with Gasteiger partial charge >= 0.3 is 6.18 Å². The van der Waals surface area contributed by atoms with Crippen molar-refractivity contribution in [1.29, 1.82) is 0 Å². The van der Waals surface area contributed by atoms with Crippen molar-refractivity contribution in [3.05, 3.63) is 36.5 Å². The van der Waals surface area contributed by atoms with Gasteiger partial charge in [0.1, 0.15) is 0 Å². The van der Waals surface area contributed by atoms with E-state index in [1.54, 1.807) is 0 Å². The summed E-state index contributed by atoms with van der Waals surface area (Å²) in [5.41, 5.74) is -0.633. The molecule has 0 amide bonds. The molecular weight excluding hydrogens is 165 g/mol. The number of hydrogen-bond donors (Lipinski definition) is 0. The van der Waals surface area contributed by atoms with Gasteiger partial charge in [-0.15, -0.1) is 6.58 Å².